The summed E-state index contributed by atoms with van der Waals surface area (Å²) in [5, 5.41) is 3.52. The van der Waals surface area contributed by atoms with E-state index in [1.165, 1.54) is 42.6 Å². The summed E-state index contributed by atoms with van der Waals surface area (Å²) in [6, 6.07) is 8.69. The van der Waals surface area contributed by atoms with Crippen molar-refractivity contribution in [3.05, 3.63) is 29.8 Å². The molecule has 1 aliphatic carbocycles. The molecule has 1 aromatic rings. The molecule has 0 aromatic heterocycles. The number of benzene rings is 1. The minimum Gasteiger partial charge on any atom is -0.341 e. The van der Waals surface area contributed by atoms with E-state index in [1.54, 1.807) is 0 Å². The molecule has 1 saturated carbocycles. The third-order valence-electron chi connectivity index (χ3n) is 6.58. The first-order valence-electron chi connectivity index (χ1n) is 9.87. The Morgan fingerprint density at radius 2 is 1.69 bits per heavy atom. The molecule has 0 atom stereocenters. The molecule has 2 aliphatic heterocycles. The van der Waals surface area contributed by atoms with Gasteiger partial charge in [-0.15, -0.1) is 24.2 Å². The van der Waals surface area contributed by atoms with E-state index in [0.29, 0.717) is 11.3 Å². The summed E-state index contributed by atoms with van der Waals surface area (Å²) >= 11 is 1.83. The number of hydrogen-bond acceptors (Lipinski definition) is 3. The maximum absolute atomic E-state index is 13.5. The number of aryl methyl sites for hydroxylation is 1. The van der Waals surface area contributed by atoms with E-state index in [1.807, 2.05) is 11.8 Å². The Labute approximate surface area is 168 Å². The largest absolute Gasteiger partial charge is 0.341 e. The maximum Gasteiger partial charge on any atom is 0.239 e. The zero-order valence-electron chi connectivity index (χ0n) is 15.8. The molecule has 5 heteroatoms. The van der Waals surface area contributed by atoms with Gasteiger partial charge in [-0.25, -0.2) is 0 Å². The Morgan fingerprint density at radius 1 is 1.04 bits per heavy atom. The summed E-state index contributed by atoms with van der Waals surface area (Å²) in [7, 11) is 0. The normalized spacial score (nSPS) is 23.8. The number of halogens is 1. The van der Waals surface area contributed by atoms with Gasteiger partial charge in [-0.3, -0.25) is 4.79 Å². The van der Waals surface area contributed by atoms with Gasteiger partial charge >= 0.3 is 0 Å². The molecule has 0 unspecified atom stereocenters. The molecule has 3 nitrogen and oxygen atoms in total. The van der Waals surface area contributed by atoms with E-state index in [-0.39, 0.29) is 17.2 Å². The van der Waals surface area contributed by atoms with E-state index >= 15 is 0 Å². The van der Waals surface area contributed by atoms with Gasteiger partial charge in [0, 0.05) is 24.5 Å². The second-order valence-corrected chi connectivity index (χ2v) is 9.79. The number of likely N-dealkylation sites (tertiary alicyclic amines) is 1. The second kappa shape index (κ2) is 8.12. The molecule has 2 saturated heterocycles. The van der Waals surface area contributed by atoms with E-state index in [4.69, 9.17) is 0 Å². The molecule has 144 valence electrons. The first-order chi connectivity index (χ1) is 12.1. The van der Waals surface area contributed by atoms with E-state index < -0.39 is 0 Å². The minimum absolute atomic E-state index is 0. The highest BCUT2D eigenvalue weighted by Crippen LogP contribution is 2.47. The molecule has 26 heavy (non-hydrogen) atoms. The number of thioether (sulfide) groups is 1. The zero-order chi connectivity index (χ0) is 17.3. The Hall–Kier alpha value is -0.710. The fourth-order valence-corrected chi connectivity index (χ4v) is 6.26. The number of nitrogens with one attached hydrogen (secondary N) is 1. The molecule has 0 bridgehead atoms. The molecule has 2 heterocycles. The Balaban J connectivity index is 0.00000196. The van der Waals surface area contributed by atoms with Gasteiger partial charge < -0.3 is 10.2 Å². The van der Waals surface area contributed by atoms with Crippen LogP contribution in [0.15, 0.2) is 29.2 Å². The number of amides is 1. The average molecular weight is 395 g/mol. The first kappa shape index (κ1) is 20.0. The summed E-state index contributed by atoms with van der Waals surface area (Å²) in [6.45, 7) is 6.33. The fraction of sp³-hybridized carbons (Fsp3) is 0.667. The number of carbonyl (C=O) groups is 1. The molecule has 3 fully saturated rings. The third kappa shape index (κ3) is 3.93. The Kier molecular flexibility index (Phi) is 6.25. The maximum atomic E-state index is 13.5. The lowest BCUT2D eigenvalue weighted by Gasteiger charge is -2.42. The number of nitrogens with zero attached hydrogens (tertiary/aromatic N) is 1. The minimum atomic E-state index is -0.215. The smallest absolute Gasteiger partial charge is 0.239 e. The highest BCUT2D eigenvalue weighted by atomic mass is 35.5. The highest BCUT2D eigenvalue weighted by Gasteiger charge is 2.47. The zero-order valence-corrected chi connectivity index (χ0v) is 17.4. The van der Waals surface area contributed by atoms with Crippen molar-refractivity contribution in [3.63, 3.8) is 0 Å². The SMILES string of the molecule is Cc1ccc(SC2(C(=O)N3CCC4(CCNC4)CC3)CCCC2)cc1.Cl. The highest BCUT2D eigenvalue weighted by molar-refractivity contribution is 8.01. The van der Waals surface area contributed by atoms with E-state index in [0.717, 1.165) is 39.0 Å². The third-order valence-corrected chi connectivity index (χ3v) is 8.06. The molecule has 1 amide bonds. The van der Waals surface area contributed by atoms with Crippen LogP contribution >= 0.6 is 24.2 Å². The lowest BCUT2D eigenvalue weighted by molar-refractivity contribution is -0.135. The van der Waals surface area contributed by atoms with Gasteiger partial charge in [0.25, 0.3) is 0 Å². The van der Waals surface area contributed by atoms with Crippen molar-refractivity contribution in [2.75, 3.05) is 26.2 Å². The monoisotopic (exact) mass is 394 g/mol. The molecule has 3 aliphatic rings. The molecule has 1 N–H and O–H groups in total. The van der Waals surface area contributed by atoms with Crippen molar-refractivity contribution in [2.45, 2.75) is 61.5 Å². The van der Waals surface area contributed by atoms with Gasteiger partial charge in [-0.2, -0.15) is 0 Å². The van der Waals surface area contributed by atoms with Crippen LogP contribution in [-0.2, 0) is 4.79 Å². The number of carbonyl (C=O) groups excluding carboxylic acids is 1. The van der Waals surface area contributed by atoms with Crippen molar-refractivity contribution >= 4 is 30.1 Å². The van der Waals surface area contributed by atoms with Crippen LogP contribution < -0.4 is 5.32 Å². The lowest BCUT2D eigenvalue weighted by atomic mass is 9.77. The van der Waals surface area contributed by atoms with Crippen LogP contribution in [0.3, 0.4) is 0 Å². The van der Waals surface area contributed by atoms with E-state index in [9.17, 15) is 4.79 Å². The van der Waals surface area contributed by atoms with E-state index in [2.05, 4.69) is 41.4 Å². The Bertz CT molecular complexity index is 611. The van der Waals surface area contributed by atoms with Gasteiger partial charge in [0.2, 0.25) is 5.91 Å². The topological polar surface area (TPSA) is 32.3 Å². The van der Waals surface area contributed by atoms with Gasteiger partial charge in [0.05, 0.1) is 4.75 Å². The van der Waals surface area contributed by atoms with Crippen LogP contribution in [0.4, 0.5) is 0 Å². The van der Waals surface area contributed by atoms with Crippen molar-refractivity contribution in [1.29, 1.82) is 0 Å². The standard InChI is InChI=1S/C21H30N2OS.ClH/c1-17-4-6-18(7-5-17)25-21(8-2-3-9-21)19(24)23-14-11-20(12-15-23)10-13-22-16-20;/h4-7,22H,2-3,8-16H2,1H3;1H. The van der Waals surface area contributed by atoms with Crippen molar-refractivity contribution in [3.8, 4) is 0 Å². The van der Waals surface area contributed by atoms with Crippen LogP contribution in [0.5, 0.6) is 0 Å². The van der Waals surface area contributed by atoms with Gasteiger partial charge in [0.15, 0.2) is 0 Å². The quantitative estimate of drug-likeness (QED) is 0.823. The summed E-state index contributed by atoms with van der Waals surface area (Å²) in [5.74, 6) is 0.413. The van der Waals surface area contributed by atoms with Crippen LogP contribution in [0, 0.1) is 12.3 Å². The molecule has 4 rings (SSSR count). The van der Waals surface area contributed by atoms with Crippen LogP contribution in [-0.4, -0.2) is 41.7 Å². The number of rotatable bonds is 3. The number of hydrogen-bond donors (Lipinski definition) is 1. The molecular weight excluding hydrogens is 364 g/mol. The van der Waals surface area contributed by atoms with Crippen LogP contribution in [0.1, 0.15) is 50.5 Å². The van der Waals surface area contributed by atoms with Gasteiger partial charge in [-0.1, -0.05) is 30.5 Å². The summed E-state index contributed by atoms with van der Waals surface area (Å²) in [4.78, 5) is 16.9. The molecule has 0 radical (unpaired) electrons. The van der Waals surface area contributed by atoms with Crippen LogP contribution in [0.2, 0.25) is 0 Å². The van der Waals surface area contributed by atoms with Crippen molar-refractivity contribution in [1.82, 2.24) is 10.2 Å². The molecule has 1 spiro atoms. The van der Waals surface area contributed by atoms with Gasteiger partial charge in [0.1, 0.15) is 0 Å². The Morgan fingerprint density at radius 3 is 2.27 bits per heavy atom. The summed E-state index contributed by atoms with van der Waals surface area (Å²) in [6.07, 6.45) is 8.09. The van der Waals surface area contributed by atoms with Gasteiger partial charge in [-0.05, 0) is 63.1 Å². The first-order valence-corrected chi connectivity index (χ1v) is 10.7. The van der Waals surface area contributed by atoms with Crippen molar-refractivity contribution in [2.24, 2.45) is 5.41 Å². The van der Waals surface area contributed by atoms with Crippen LogP contribution in [0.25, 0.3) is 0 Å². The second-order valence-electron chi connectivity index (χ2n) is 8.34. The summed E-state index contributed by atoms with van der Waals surface area (Å²) < 4.78 is -0.215. The summed E-state index contributed by atoms with van der Waals surface area (Å²) in [5.41, 5.74) is 1.76. The molecular formula is C21H31ClN2OS. The predicted octanol–water partition coefficient (Wildman–Crippen LogP) is 4.42. The molecule has 1 aromatic carbocycles. The lowest BCUT2D eigenvalue weighted by Crippen LogP contribution is -2.50. The van der Waals surface area contributed by atoms with Crippen molar-refractivity contribution < 1.29 is 4.79 Å². The average Bonchev–Trinajstić information content (AvgIpc) is 3.28. The number of piperidine rings is 1. The fourth-order valence-electron chi connectivity index (χ4n) is 4.83. The predicted molar refractivity (Wildman–Crippen MR) is 111 cm³/mol.